The number of nitrogens with zero attached hydrogens (tertiary/aromatic N) is 2. The summed E-state index contributed by atoms with van der Waals surface area (Å²) in [5, 5.41) is 2.63. The molecule has 11 heteroatoms. The molecule has 3 rings (SSSR count). The molecule has 1 saturated heterocycles. The molecule has 1 atom stereocenters. The summed E-state index contributed by atoms with van der Waals surface area (Å²) in [5.41, 5.74) is 2.42. The third-order valence-electron chi connectivity index (χ3n) is 3.86. The van der Waals surface area contributed by atoms with Gasteiger partial charge in [0.05, 0.1) is 13.1 Å². The predicted octanol–water partition coefficient (Wildman–Crippen LogP) is 1.70. The van der Waals surface area contributed by atoms with Crippen molar-refractivity contribution in [1.82, 2.24) is 10.3 Å². The van der Waals surface area contributed by atoms with Gasteiger partial charge in [-0.15, -0.1) is 0 Å². The number of hydrogen-bond donors (Lipinski definition) is 3. The van der Waals surface area contributed by atoms with E-state index in [1.165, 1.54) is 11.8 Å². The number of nitrogens with one attached hydrogen (secondary N) is 1. The van der Waals surface area contributed by atoms with Crippen LogP contribution in [-0.4, -0.2) is 55.8 Å². The SMILES string of the molecule is CC(=O)NCC1CN(c2ccc(-c3ccc(C=O)cc3)cn2)C(=O)O1.O=S(O)O. The Kier molecular flexibility index (Phi) is 7.95. The van der Waals surface area contributed by atoms with Crippen LogP contribution in [0.2, 0.25) is 0 Å². The highest BCUT2D eigenvalue weighted by Gasteiger charge is 2.33. The molecule has 1 aliphatic rings. The molecule has 154 valence electrons. The van der Waals surface area contributed by atoms with Gasteiger partial charge in [0.25, 0.3) is 11.4 Å². The molecule has 0 bridgehead atoms. The number of aldehydes is 1. The molecule has 2 aromatic rings. The minimum atomic E-state index is -2.61. The van der Waals surface area contributed by atoms with Crippen molar-refractivity contribution in [3.05, 3.63) is 48.2 Å². The average Bonchev–Trinajstić information content (AvgIpc) is 3.07. The molecule has 1 fully saturated rings. The smallest absolute Gasteiger partial charge is 0.416 e. The Hall–Kier alpha value is -3.15. The van der Waals surface area contributed by atoms with Gasteiger partial charge in [-0.05, 0) is 17.7 Å². The molecule has 0 spiro atoms. The van der Waals surface area contributed by atoms with Gasteiger partial charge in [-0.1, -0.05) is 24.3 Å². The molecule has 1 aromatic carbocycles. The van der Waals surface area contributed by atoms with Crippen molar-refractivity contribution in [3.8, 4) is 11.1 Å². The molecule has 0 radical (unpaired) electrons. The van der Waals surface area contributed by atoms with Gasteiger partial charge >= 0.3 is 6.09 Å². The third kappa shape index (κ3) is 6.75. The van der Waals surface area contributed by atoms with Crippen molar-refractivity contribution in [2.75, 3.05) is 18.0 Å². The van der Waals surface area contributed by atoms with Gasteiger partial charge in [0, 0.05) is 24.2 Å². The lowest BCUT2D eigenvalue weighted by atomic mass is 10.1. The van der Waals surface area contributed by atoms with Crippen LogP contribution >= 0.6 is 0 Å². The lowest BCUT2D eigenvalue weighted by Crippen LogP contribution is -2.33. The van der Waals surface area contributed by atoms with Gasteiger partial charge in [0.1, 0.15) is 18.2 Å². The second-order valence-electron chi connectivity index (χ2n) is 5.93. The number of ether oxygens (including phenoxy) is 1. The first-order valence-corrected chi connectivity index (χ1v) is 9.40. The van der Waals surface area contributed by atoms with Crippen molar-refractivity contribution in [1.29, 1.82) is 0 Å². The molecule has 0 aliphatic carbocycles. The maximum Gasteiger partial charge on any atom is 0.416 e. The van der Waals surface area contributed by atoms with Crippen LogP contribution in [0.25, 0.3) is 11.1 Å². The van der Waals surface area contributed by atoms with E-state index in [0.717, 1.165) is 17.4 Å². The van der Waals surface area contributed by atoms with Gasteiger partial charge in [0.2, 0.25) is 5.91 Å². The molecule has 1 unspecified atom stereocenters. The summed E-state index contributed by atoms with van der Waals surface area (Å²) in [5.74, 6) is 0.321. The lowest BCUT2D eigenvalue weighted by molar-refractivity contribution is -0.119. The van der Waals surface area contributed by atoms with Crippen molar-refractivity contribution < 1.29 is 32.4 Å². The maximum atomic E-state index is 12.0. The first-order chi connectivity index (χ1) is 13.8. The molecule has 2 amide bonds. The molecule has 29 heavy (non-hydrogen) atoms. The Morgan fingerprint density at radius 1 is 1.28 bits per heavy atom. The number of amides is 2. The second kappa shape index (κ2) is 10.4. The summed E-state index contributed by atoms with van der Waals surface area (Å²) in [6.45, 7) is 2.02. The third-order valence-corrected chi connectivity index (χ3v) is 3.86. The van der Waals surface area contributed by atoms with E-state index in [1.807, 2.05) is 18.2 Å². The van der Waals surface area contributed by atoms with Crippen LogP contribution in [0.1, 0.15) is 17.3 Å². The van der Waals surface area contributed by atoms with E-state index in [-0.39, 0.29) is 12.5 Å². The van der Waals surface area contributed by atoms with Crippen molar-refractivity contribution in [3.63, 3.8) is 0 Å². The summed E-state index contributed by atoms with van der Waals surface area (Å²) in [6.07, 6.45) is 1.58. The molecular weight excluding hydrogens is 402 g/mol. The summed E-state index contributed by atoms with van der Waals surface area (Å²) >= 11 is -2.61. The van der Waals surface area contributed by atoms with Gasteiger partial charge in [-0.25, -0.2) is 9.78 Å². The Morgan fingerprint density at radius 2 is 1.90 bits per heavy atom. The molecule has 0 saturated carbocycles. The van der Waals surface area contributed by atoms with Crippen LogP contribution in [-0.2, 0) is 20.9 Å². The predicted molar refractivity (Wildman–Crippen MR) is 105 cm³/mol. The quantitative estimate of drug-likeness (QED) is 0.488. The summed E-state index contributed by atoms with van der Waals surface area (Å²) < 4.78 is 28.1. The van der Waals surface area contributed by atoms with Gasteiger partial charge < -0.3 is 10.1 Å². The van der Waals surface area contributed by atoms with E-state index < -0.39 is 23.6 Å². The molecule has 1 aliphatic heterocycles. The number of cyclic esters (lactones) is 1. The number of rotatable bonds is 5. The van der Waals surface area contributed by atoms with Gasteiger partial charge in [0.15, 0.2) is 0 Å². The fourth-order valence-corrected chi connectivity index (χ4v) is 2.54. The van der Waals surface area contributed by atoms with Gasteiger partial charge in [-0.3, -0.25) is 23.6 Å². The van der Waals surface area contributed by atoms with E-state index in [0.29, 0.717) is 17.9 Å². The number of pyridine rings is 1. The Labute approximate surface area is 169 Å². The highest BCUT2D eigenvalue weighted by molar-refractivity contribution is 7.73. The normalized spacial score (nSPS) is 15.4. The molecule has 2 heterocycles. The largest absolute Gasteiger partial charge is 0.442 e. The maximum absolute atomic E-state index is 12.0. The minimum absolute atomic E-state index is 0.169. The fourth-order valence-electron chi connectivity index (χ4n) is 2.54. The van der Waals surface area contributed by atoms with Crippen LogP contribution in [0.4, 0.5) is 10.6 Å². The van der Waals surface area contributed by atoms with Gasteiger partial charge in [-0.2, -0.15) is 4.21 Å². The zero-order chi connectivity index (χ0) is 21.4. The van der Waals surface area contributed by atoms with E-state index in [2.05, 4.69) is 10.3 Å². The molecule has 10 nitrogen and oxygen atoms in total. The van der Waals surface area contributed by atoms with E-state index in [9.17, 15) is 14.4 Å². The van der Waals surface area contributed by atoms with E-state index >= 15 is 0 Å². The zero-order valence-corrected chi connectivity index (χ0v) is 16.2. The lowest BCUT2D eigenvalue weighted by Gasteiger charge is -2.12. The number of aromatic nitrogens is 1. The Bertz CT molecular complexity index is 883. The van der Waals surface area contributed by atoms with Crippen molar-refractivity contribution in [2.24, 2.45) is 0 Å². The van der Waals surface area contributed by atoms with E-state index in [1.54, 1.807) is 24.4 Å². The Balaban J connectivity index is 0.000000687. The van der Waals surface area contributed by atoms with Crippen LogP contribution in [0.3, 0.4) is 0 Å². The average molecular weight is 421 g/mol. The van der Waals surface area contributed by atoms with Crippen LogP contribution in [0, 0.1) is 0 Å². The number of benzene rings is 1. The number of carbonyl (C=O) groups is 3. The standard InChI is InChI=1S/C18H17N3O4.H2O3S/c1-12(23)19-9-16-10-21(18(24)25-16)17-7-6-15(8-20-17)14-4-2-13(11-22)3-5-14;1-4(2)3/h2-8,11,16H,9-10H2,1H3,(H,19,23);(H2,1,2,3). The summed E-state index contributed by atoms with van der Waals surface area (Å²) in [6, 6.07) is 10.8. The first-order valence-electron chi connectivity index (χ1n) is 8.34. The van der Waals surface area contributed by atoms with Crippen LogP contribution in [0.15, 0.2) is 42.6 Å². The second-order valence-corrected chi connectivity index (χ2v) is 6.39. The number of carbonyl (C=O) groups excluding carboxylic acids is 3. The van der Waals surface area contributed by atoms with Crippen LogP contribution < -0.4 is 10.2 Å². The zero-order valence-electron chi connectivity index (χ0n) is 15.3. The number of hydrogen-bond acceptors (Lipinski definition) is 6. The molecule has 3 N–H and O–H groups in total. The Morgan fingerprint density at radius 3 is 2.41 bits per heavy atom. The first kappa shape index (κ1) is 22.1. The minimum Gasteiger partial charge on any atom is -0.442 e. The molecule has 1 aromatic heterocycles. The highest BCUT2D eigenvalue weighted by atomic mass is 32.2. The summed E-state index contributed by atoms with van der Waals surface area (Å²) in [7, 11) is 0. The fraction of sp³-hybridized carbons (Fsp3) is 0.222. The molecular formula is C18H19N3O7S. The highest BCUT2D eigenvalue weighted by Crippen LogP contribution is 2.24. The topological polar surface area (TPSA) is 146 Å². The van der Waals surface area contributed by atoms with E-state index in [4.69, 9.17) is 18.1 Å². The van der Waals surface area contributed by atoms with Crippen molar-refractivity contribution >= 4 is 35.5 Å². The summed E-state index contributed by atoms with van der Waals surface area (Å²) in [4.78, 5) is 39.4. The van der Waals surface area contributed by atoms with Crippen LogP contribution in [0.5, 0.6) is 0 Å². The monoisotopic (exact) mass is 421 g/mol. The van der Waals surface area contributed by atoms with Crippen molar-refractivity contribution in [2.45, 2.75) is 13.0 Å². The number of anilines is 1.